The van der Waals surface area contributed by atoms with Crippen molar-refractivity contribution in [2.45, 2.75) is 13.5 Å². The van der Waals surface area contributed by atoms with Crippen molar-refractivity contribution in [1.29, 1.82) is 0 Å². The molecule has 2 heterocycles. The van der Waals surface area contributed by atoms with Gasteiger partial charge in [0.15, 0.2) is 0 Å². The van der Waals surface area contributed by atoms with Crippen molar-refractivity contribution in [3.05, 3.63) is 55.1 Å². The molecule has 0 bridgehead atoms. The van der Waals surface area contributed by atoms with Crippen LogP contribution in [0, 0.1) is 11.8 Å². The third kappa shape index (κ3) is 2.98. The van der Waals surface area contributed by atoms with Crippen molar-refractivity contribution in [2.75, 3.05) is 0 Å². The third-order valence-corrected chi connectivity index (χ3v) is 3.08. The molecule has 0 N–H and O–H groups in total. The highest BCUT2D eigenvalue weighted by molar-refractivity contribution is 5.68. The van der Waals surface area contributed by atoms with Gasteiger partial charge < -0.3 is 0 Å². The Morgan fingerprint density at radius 1 is 1.10 bits per heavy atom. The van der Waals surface area contributed by atoms with Gasteiger partial charge in [0, 0.05) is 29.7 Å². The minimum Gasteiger partial charge on any atom is -0.261 e. The standard InChI is InChI=1S/C17H14N4/c1-2-3-10-21-11-7-16(20-21)14-5-4-6-15(12-14)17-13-18-8-9-19-17/h4-9,11-13H,10H2,1H3. The van der Waals surface area contributed by atoms with Crippen LogP contribution >= 0.6 is 0 Å². The van der Waals surface area contributed by atoms with E-state index in [-0.39, 0.29) is 0 Å². The van der Waals surface area contributed by atoms with Crippen LogP contribution in [0.15, 0.2) is 55.1 Å². The van der Waals surface area contributed by atoms with E-state index in [2.05, 4.69) is 33.0 Å². The second-order valence-corrected chi connectivity index (χ2v) is 4.50. The number of hydrogen-bond donors (Lipinski definition) is 0. The van der Waals surface area contributed by atoms with Gasteiger partial charge >= 0.3 is 0 Å². The van der Waals surface area contributed by atoms with Crippen LogP contribution in [0.4, 0.5) is 0 Å². The fourth-order valence-electron chi connectivity index (χ4n) is 2.05. The van der Waals surface area contributed by atoms with Crippen molar-refractivity contribution in [2.24, 2.45) is 0 Å². The number of nitrogens with zero attached hydrogens (tertiary/aromatic N) is 4. The summed E-state index contributed by atoms with van der Waals surface area (Å²) in [6.07, 6.45) is 7.06. The first kappa shape index (κ1) is 13.1. The molecule has 3 rings (SSSR count). The van der Waals surface area contributed by atoms with Gasteiger partial charge in [-0.2, -0.15) is 5.10 Å². The molecule has 0 aliphatic heterocycles. The molecule has 4 nitrogen and oxygen atoms in total. The second kappa shape index (κ2) is 6.02. The SMILES string of the molecule is CC#CCn1ccc(-c2cccc(-c3cnccn3)c2)n1. The number of aromatic nitrogens is 4. The van der Waals surface area contributed by atoms with Gasteiger partial charge in [-0.25, -0.2) is 0 Å². The van der Waals surface area contributed by atoms with Crippen molar-refractivity contribution in [1.82, 2.24) is 19.7 Å². The molecule has 2 aromatic heterocycles. The molecule has 0 saturated carbocycles. The van der Waals surface area contributed by atoms with Crippen LogP contribution in [-0.2, 0) is 6.54 Å². The molecule has 0 radical (unpaired) electrons. The molecule has 21 heavy (non-hydrogen) atoms. The zero-order valence-electron chi connectivity index (χ0n) is 11.7. The van der Waals surface area contributed by atoms with E-state index in [1.807, 2.05) is 42.1 Å². The number of hydrogen-bond acceptors (Lipinski definition) is 3. The fraction of sp³-hybridized carbons (Fsp3) is 0.118. The average molecular weight is 274 g/mol. The smallest absolute Gasteiger partial charge is 0.102 e. The molecular weight excluding hydrogens is 260 g/mol. The predicted molar refractivity (Wildman–Crippen MR) is 82.1 cm³/mol. The minimum atomic E-state index is 0.611. The van der Waals surface area contributed by atoms with E-state index in [4.69, 9.17) is 0 Å². The third-order valence-electron chi connectivity index (χ3n) is 3.08. The second-order valence-electron chi connectivity index (χ2n) is 4.50. The van der Waals surface area contributed by atoms with Crippen LogP contribution in [0.3, 0.4) is 0 Å². The van der Waals surface area contributed by atoms with Crippen LogP contribution in [0.1, 0.15) is 6.92 Å². The summed E-state index contributed by atoms with van der Waals surface area (Å²) >= 11 is 0. The lowest BCUT2D eigenvalue weighted by Crippen LogP contribution is -1.96. The van der Waals surface area contributed by atoms with Crippen LogP contribution in [-0.4, -0.2) is 19.7 Å². The molecule has 0 amide bonds. The molecule has 1 aromatic carbocycles. The summed E-state index contributed by atoms with van der Waals surface area (Å²) < 4.78 is 1.83. The summed E-state index contributed by atoms with van der Waals surface area (Å²) in [4.78, 5) is 8.43. The van der Waals surface area contributed by atoms with Gasteiger partial charge in [-0.1, -0.05) is 24.1 Å². The van der Waals surface area contributed by atoms with E-state index in [1.165, 1.54) is 0 Å². The van der Waals surface area contributed by atoms with Crippen LogP contribution in [0.5, 0.6) is 0 Å². The Bertz CT molecular complexity index is 794. The lowest BCUT2D eigenvalue weighted by molar-refractivity contribution is 0.718. The zero-order valence-corrected chi connectivity index (χ0v) is 11.7. The molecule has 0 fully saturated rings. The van der Waals surface area contributed by atoms with Gasteiger partial charge in [-0.3, -0.25) is 14.6 Å². The molecule has 0 spiro atoms. The Hall–Kier alpha value is -2.93. The quantitative estimate of drug-likeness (QED) is 0.689. The lowest BCUT2D eigenvalue weighted by Gasteiger charge is -2.02. The average Bonchev–Trinajstić information content (AvgIpc) is 3.03. The van der Waals surface area contributed by atoms with Gasteiger partial charge in [-0.05, 0) is 19.1 Å². The minimum absolute atomic E-state index is 0.611. The molecule has 0 aliphatic rings. The van der Waals surface area contributed by atoms with Gasteiger partial charge in [0.25, 0.3) is 0 Å². The number of rotatable bonds is 3. The first-order valence-corrected chi connectivity index (χ1v) is 6.67. The van der Waals surface area contributed by atoms with E-state index in [0.29, 0.717) is 6.54 Å². The Labute approximate surface area is 123 Å². The topological polar surface area (TPSA) is 43.6 Å². The molecule has 102 valence electrons. The molecule has 0 atom stereocenters. The molecule has 3 aromatic rings. The summed E-state index contributed by atoms with van der Waals surface area (Å²) in [5.74, 6) is 5.87. The molecule has 0 unspecified atom stereocenters. The van der Waals surface area contributed by atoms with Crippen molar-refractivity contribution >= 4 is 0 Å². The van der Waals surface area contributed by atoms with E-state index in [9.17, 15) is 0 Å². The first-order chi connectivity index (χ1) is 10.4. The van der Waals surface area contributed by atoms with Gasteiger partial charge in [0.05, 0.1) is 17.6 Å². The monoisotopic (exact) mass is 274 g/mol. The Morgan fingerprint density at radius 3 is 2.71 bits per heavy atom. The highest BCUT2D eigenvalue weighted by atomic mass is 15.3. The molecule has 4 heteroatoms. The maximum absolute atomic E-state index is 4.53. The maximum Gasteiger partial charge on any atom is 0.102 e. The Balaban J connectivity index is 1.92. The van der Waals surface area contributed by atoms with Gasteiger partial charge in [0.1, 0.15) is 6.54 Å². The summed E-state index contributed by atoms with van der Waals surface area (Å²) in [7, 11) is 0. The van der Waals surface area contributed by atoms with E-state index in [0.717, 1.165) is 22.5 Å². The highest BCUT2D eigenvalue weighted by Gasteiger charge is 2.05. The van der Waals surface area contributed by atoms with E-state index in [1.54, 1.807) is 18.6 Å². The molecular formula is C17H14N4. The fourth-order valence-corrected chi connectivity index (χ4v) is 2.05. The lowest BCUT2D eigenvalue weighted by atomic mass is 10.1. The zero-order chi connectivity index (χ0) is 14.5. The van der Waals surface area contributed by atoms with Gasteiger partial charge in [-0.15, -0.1) is 5.92 Å². The Kier molecular flexibility index (Phi) is 3.74. The highest BCUT2D eigenvalue weighted by Crippen LogP contribution is 2.23. The van der Waals surface area contributed by atoms with Gasteiger partial charge in [0.2, 0.25) is 0 Å². The van der Waals surface area contributed by atoms with Crippen LogP contribution in [0.2, 0.25) is 0 Å². The molecule has 0 saturated heterocycles. The maximum atomic E-state index is 4.53. The van der Waals surface area contributed by atoms with E-state index < -0.39 is 0 Å². The normalized spacial score (nSPS) is 9.95. The predicted octanol–water partition coefficient (Wildman–Crippen LogP) is 3.03. The summed E-state index contributed by atoms with van der Waals surface area (Å²) in [6.45, 7) is 2.44. The van der Waals surface area contributed by atoms with Crippen molar-refractivity contribution < 1.29 is 0 Å². The van der Waals surface area contributed by atoms with Crippen LogP contribution in [0.25, 0.3) is 22.5 Å². The summed E-state index contributed by atoms with van der Waals surface area (Å²) in [6, 6.07) is 10.1. The van der Waals surface area contributed by atoms with Crippen molar-refractivity contribution in [3.8, 4) is 34.4 Å². The van der Waals surface area contributed by atoms with Crippen molar-refractivity contribution in [3.63, 3.8) is 0 Å². The largest absolute Gasteiger partial charge is 0.261 e. The summed E-state index contributed by atoms with van der Waals surface area (Å²) in [5.41, 5.74) is 3.87. The van der Waals surface area contributed by atoms with Crippen LogP contribution < -0.4 is 0 Å². The summed E-state index contributed by atoms with van der Waals surface area (Å²) in [5, 5.41) is 4.53. The molecule has 0 aliphatic carbocycles. The van der Waals surface area contributed by atoms with E-state index >= 15 is 0 Å². The Morgan fingerprint density at radius 2 is 1.95 bits per heavy atom. The number of benzene rings is 1. The first-order valence-electron chi connectivity index (χ1n) is 6.67.